The molecule has 1 heterocycles. The normalized spacial score (nSPS) is 10.8. The van der Waals surface area contributed by atoms with Crippen molar-refractivity contribution in [1.29, 1.82) is 0 Å². The van der Waals surface area contributed by atoms with Crippen LogP contribution in [0.4, 0.5) is 0 Å². The minimum absolute atomic E-state index is 0.0739. The standard InChI is InChI=1S/C20H19ClN2O2/c1-13-2-5-15-12-16(20(25)23-18(15)10-13)8-9-22-19(24)11-14-3-6-17(21)7-4-14/h2-7,10,12H,8-9,11H2,1H3,(H,22,24)(H,23,25). The molecule has 0 saturated heterocycles. The molecular weight excluding hydrogens is 336 g/mol. The second-order valence-electron chi connectivity index (χ2n) is 6.12. The number of pyridine rings is 1. The number of hydrogen-bond donors (Lipinski definition) is 2. The first-order chi connectivity index (χ1) is 12.0. The summed E-state index contributed by atoms with van der Waals surface area (Å²) in [6.45, 7) is 2.41. The number of aromatic nitrogens is 1. The monoisotopic (exact) mass is 354 g/mol. The van der Waals surface area contributed by atoms with E-state index in [4.69, 9.17) is 11.6 Å². The summed E-state index contributed by atoms with van der Waals surface area (Å²) in [6.07, 6.45) is 0.788. The van der Waals surface area contributed by atoms with Crippen LogP contribution in [-0.4, -0.2) is 17.4 Å². The van der Waals surface area contributed by atoms with Gasteiger partial charge in [0.1, 0.15) is 0 Å². The molecule has 0 saturated carbocycles. The lowest BCUT2D eigenvalue weighted by molar-refractivity contribution is -0.120. The maximum atomic E-state index is 12.2. The Kier molecular flexibility index (Phi) is 5.19. The maximum Gasteiger partial charge on any atom is 0.251 e. The van der Waals surface area contributed by atoms with E-state index in [1.165, 1.54) is 0 Å². The number of carbonyl (C=O) groups excluding carboxylic acids is 1. The molecule has 0 aliphatic carbocycles. The Hall–Kier alpha value is -2.59. The maximum absolute atomic E-state index is 12.2. The summed E-state index contributed by atoms with van der Waals surface area (Å²) in [5.41, 5.74) is 3.40. The Bertz CT molecular complexity index is 962. The number of halogens is 1. The molecule has 0 radical (unpaired) electrons. The zero-order chi connectivity index (χ0) is 17.8. The van der Waals surface area contributed by atoms with Gasteiger partial charge in [-0.2, -0.15) is 0 Å². The van der Waals surface area contributed by atoms with Gasteiger partial charge in [-0.05, 0) is 54.1 Å². The molecule has 0 bridgehead atoms. The summed E-state index contributed by atoms with van der Waals surface area (Å²) in [5, 5.41) is 4.50. The largest absolute Gasteiger partial charge is 0.355 e. The van der Waals surface area contributed by atoms with Crippen molar-refractivity contribution >= 4 is 28.4 Å². The third kappa shape index (κ3) is 4.48. The molecule has 0 atom stereocenters. The zero-order valence-electron chi connectivity index (χ0n) is 13.9. The quantitative estimate of drug-likeness (QED) is 0.737. The predicted octanol–water partition coefficient (Wildman–Crippen LogP) is 3.39. The molecule has 0 fully saturated rings. The number of hydrogen-bond acceptors (Lipinski definition) is 2. The Labute approximate surface area is 150 Å². The SMILES string of the molecule is Cc1ccc2cc(CCNC(=O)Cc3ccc(Cl)cc3)c(=O)[nH]c2c1. The minimum atomic E-state index is -0.106. The highest BCUT2D eigenvalue weighted by Crippen LogP contribution is 2.13. The molecule has 3 rings (SSSR count). The van der Waals surface area contributed by atoms with E-state index in [1.54, 1.807) is 12.1 Å². The van der Waals surface area contributed by atoms with Crippen LogP contribution in [0, 0.1) is 6.92 Å². The number of benzene rings is 2. The van der Waals surface area contributed by atoms with Crippen molar-refractivity contribution in [3.8, 4) is 0 Å². The lowest BCUT2D eigenvalue weighted by atomic mass is 10.1. The van der Waals surface area contributed by atoms with E-state index < -0.39 is 0 Å². The van der Waals surface area contributed by atoms with E-state index >= 15 is 0 Å². The van der Waals surface area contributed by atoms with Gasteiger partial charge in [-0.25, -0.2) is 0 Å². The summed E-state index contributed by atoms with van der Waals surface area (Å²) in [6, 6.07) is 15.0. The lowest BCUT2D eigenvalue weighted by Crippen LogP contribution is -2.28. The number of aryl methyl sites for hydroxylation is 1. The second kappa shape index (κ2) is 7.53. The molecule has 5 heteroatoms. The van der Waals surface area contributed by atoms with Gasteiger partial charge in [0.05, 0.1) is 6.42 Å². The number of fused-ring (bicyclic) bond motifs is 1. The van der Waals surface area contributed by atoms with E-state index in [0.29, 0.717) is 30.0 Å². The van der Waals surface area contributed by atoms with Gasteiger partial charge in [-0.1, -0.05) is 35.9 Å². The fourth-order valence-corrected chi connectivity index (χ4v) is 2.86. The van der Waals surface area contributed by atoms with Crippen LogP contribution in [0.3, 0.4) is 0 Å². The van der Waals surface area contributed by atoms with Gasteiger partial charge in [0.2, 0.25) is 5.91 Å². The highest BCUT2D eigenvalue weighted by Gasteiger charge is 2.06. The van der Waals surface area contributed by atoms with Gasteiger partial charge in [0.15, 0.2) is 0 Å². The smallest absolute Gasteiger partial charge is 0.251 e. The highest BCUT2D eigenvalue weighted by molar-refractivity contribution is 6.30. The fourth-order valence-electron chi connectivity index (χ4n) is 2.73. The number of amides is 1. The van der Waals surface area contributed by atoms with Crippen LogP contribution in [0.25, 0.3) is 10.9 Å². The van der Waals surface area contributed by atoms with Gasteiger partial charge < -0.3 is 10.3 Å². The van der Waals surface area contributed by atoms with Crippen LogP contribution in [0.15, 0.2) is 53.3 Å². The molecule has 25 heavy (non-hydrogen) atoms. The Balaban J connectivity index is 1.60. The molecule has 0 aliphatic heterocycles. The van der Waals surface area contributed by atoms with Crippen molar-refractivity contribution in [1.82, 2.24) is 10.3 Å². The van der Waals surface area contributed by atoms with Crippen molar-refractivity contribution in [3.05, 3.63) is 80.6 Å². The minimum Gasteiger partial charge on any atom is -0.355 e. The lowest BCUT2D eigenvalue weighted by Gasteiger charge is -2.07. The fraction of sp³-hybridized carbons (Fsp3) is 0.200. The molecule has 2 aromatic carbocycles. The molecule has 0 unspecified atom stereocenters. The molecule has 0 aliphatic rings. The van der Waals surface area contributed by atoms with Crippen LogP contribution in [0.2, 0.25) is 5.02 Å². The molecule has 0 spiro atoms. The van der Waals surface area contributed by atoms with Crippen LogP contribution >= 0.6 is 11.6 Å². The van der Waals surface area contributed by atoms with Crippen molar-refractivity contribution < 1.29 is 4.79 Å². The average molecular weight is 355 g/mol. The summed E-state index contributed by atoms with van der Waals surface area (Å²) in [4.78, 5) is 27.1. The van der Waals surface area contributed by atoms with Gasteiger partial charge in [0, 0.05) is 22.6 Å². The van der Waals surface area contributed by atoms with Gasteiger partial charge in [-0.3, -0.25) is 9.59 Å². The van der Waals surface area contributed by atoms with Crippen LogP contribution in [0.1, 0.15) is 16.7 Å². The highest BCUT2D eigenvalue weighted by atomic mass is 35.5. The molecule has 3 aromatic rings. The van der Waals surface area contributed by atoms with Crippen molar-refractivity contribution in [2.45, 2.75) is 19.8 Å². The van der Waals surface area contributed by atoms with E-state index in [2.05, 4.69) is 10.3 Å². The van der Waals surface area contributed by atoms with Gasteiger partial charge >= 0.3 is 0 Å². The van der Waals surface area contributed by atoms with E-state index in [9.17, 15) is 9.59 Å². The first-order valence-electron chi connectivity index (χ1n) is 8.15. The van der Waals surface area contributed by atoms with Crippen molar-refractivity contribution in [2.75, 3.05) is 6.54 Å². The van der Waals surface area contributed by atoms with Crippen LogP contribution in [0.5, 0.6) is 0 Å². The molecule has 1 amide bonds. The van der Waals surface area contributed by atoms with E-state index in [0.717, 1.165) is 22.0 Å². The third-order valence-electron chi connectivity index (χ3n) is 4.07. The van der Waals surface area contributed by atoms with Gasteiger partial charge in [0.25, 0.3) is 5.56 Å². The molecule has 2 N–H and O–H groups in total. The summed E-state index contributed by atoms with van der Waals surface area (Å²) >= 11 is 5.83. The number of carbonyl (C=O) groups is 1. The zero-order valence-corrected chi connectivity index (χ0v) is 14.7. The Morgan fingerprint density at radius 1 is 1.12 bits per heavy atom. The topological polar surface area (TPSA) is 62.0 Å². The number of nitrogens with one attached hydrogen (secondary N) is 2. The molecular formula is C20H19ClN2O2. The summed E-state index contributed by atoms with van der Waals surface area (Å²) < 4.78 is 0. The third-order valence-corrected chi connectivity index (χ3v) is 4.32. The molecule has 4 nitrogen and oxygen atoms in total. The van der Waals surface area contributed by atoms with Crippen molar-refractivity contribution in [3.63, 3.8) is 0 Å². The molecule has 1 aromatic heterocycles. The van der Waals surface area contributed by atoms with Gasteiger partial charge in [-0.15, -0.1) is 0 Å². The molecule has 128 valence electrons. The van der Waals surface area contributed by atoms with Crippen LogP contribution in [-0.2, 0) is 17.6 Å². The second-order valence-corrected chi connectivity index (χ2v) is 6.55. The van der Waals surface area contributed by atoms with Crippen molar-refractivity contribution in [2.24, 2.45) is 0 Å². The van der Waals surface area contributed by atoms with E-state index in [-0.39, 0.29) is 11.5 Å². The number of H-pyrrole nitrogens is 1. The Morgan fingerprint density at radius 3 is 2.64 bits per heavy atom. The Morgan fingerprint density at radius 2 is 1.88 bits per heavy atom. The number of aromatic amines is 1. The summed E-state index contributed by atoms with van der Waals surface area (Å²) in [5.74, 6) is -0.0739. The predicted molar refractivity (Wildman–Crippen MR) is 101 cm³/mol. The van der Waals surface area contributed by atoms with E-state index in [1.807, 2.05) is 43.3 Å². The first-order valence-corrected chi connectivity index (χ1v) is 8.53. The van der Waals surface area contributed by atoms with Crippen LogP contribution < -0.4 is 10.9 Å². The average Bonchev–Trinajstić information content (AvgIpc) is 2.57. The number of rotatable bonds is 5. The first kappa shape index (κ1) is 17.2. The summed E-state index contributed by atoms with van der Waals surface area (Å²) in [7, 11) is 0.